The molecule has 0 amide bonds. The maximum Gasteiger partial charge on any atom is 0.0765 e. The van der Waals surface area contributed by atoms with E-state index in [1.165, 1.54) is 12.8 Å². The van der Waals surface area contributed by atoms with E-state index in [2.05, 4.69) is 6.92 Å². The van der Waals surface area contributed by atoms with Gasteiger partial charge in [-0.2, -0.15) is 5.06 Å². The minimum atomic E-state index is 0.439. The van der Waals surface area contributed by atoms with Gasteiger partial charge in [-0.3, -0.25) is 4.84 Å². The predicted octanol–water partition coefficient (Wildman–Crippen LogP) is 1.03. The molecule has 1 unspecified atom stereocenters. The van der Waals surface area contributed by atoms with E-state index in [0.29, 0.717) is 6.10 Å². The average molecular weight is 115 g/mol. The maximum absolute atomic E-state index is 5.32. The molecule has 0 radical (unpaired) electrons. The van der Waals surface area contributed by atoms with Gasteiger partial charge in [-0.15, -0.1) is 0 Å². The highest BCUT2D eigenvalue weighted by molar-refractivity contribution is 4.55. The second kappa shape index (κ2) is 2.46. The van der Waals surface area contributed by atoms with Crippen LogP contribution < -0.4 is 0 Å². The number of hydrogen-bond donors (Lipinski definition) is 0. The summed E-state index contributed by atoms with van der Waals surface area (Å²) in [6, 6.07) is 0. The number of hydroxylamine groups is 2. The summed E-state index contributed by atoms with van der Waals surface area (Å²) >= 11 is 0. The van der Waals surface area contributed by atoms with Gasteiger partial charge in [0.2, 0.25) is 0 Å². The number of nitrogens with zero attached hydrogens (tertiary/aromatic N) is 1. The Morgan fingerprint density at radius 3 is 2.75 bits per heavy atom. The van der Waals surface area contributed by atoms with E-state index in [1.807, 2.05) is 12.1 Å². The molecule has 2 heteroatoms. The van der Waals surface area contributed by atoms with Crippen LogP contribution in [-0.4, -0.2) is 24.8 Å². The lowest BCUT2D eigenvalue weighted by Crippen LogP contribution is -2.30. The molecule has 48 valence electrons. The molecule has 0 bridgehead atoms. The zero-order chi connectivity index (χ0) is 5.98. The fraction of sp³-hybridized carbons (Fsp3) is 1.00. The molecule has 1 aliphatic rings. The highest BCUT2D eigenvalue weighted by Gasteiger charge is 2.11. The molecule has 0 aromatic carbocycles. The molecular formula is C6H13NO. The molecule has 1 saturated heterocycles. The summed E-state index contributed by atoms with van der Waals surface area (Å²) in [6.45, 7) is 3.19. The van der Waals surface area contributed by atoms with Crippen LogP contribution in [0.5, 0.6) is 0 Å². The van der Waals surface area contributed by atoms with Gasteiger partial charge in [0.1, 0.15) is 0 Å². The average Bonchev–Trinajstić information content (AvgIpc) is 1.64. The Kier molecular flexibility index (Phi) is 1.86. The minimum absolute atomic E-state index is 0.439. The maximum atomic E-state index is 5.32. The Bertz CT molecular complexity index is 66.9. The Morgan fingerprint density at radius 2 is 2.38 bits per heavy atom. The first kappa shape index (κ1) is 6.05. The first-order chi connectivity index (χ1) is 3.79. The second-order valence-corrected chi connectivity index (χ2v) is 2.41. The largest absolute Gasteiger partial charge is 0.296 e. The lowest BCUT2D eigenvalue weighted by atomic mass is 10.2. The standard InChI is InChI=1S/C6H13NO/c1-6-4-3-5-7(2)8-6/h6H,3-5H2,1-2H3. The van der Waals surface area contributed by atoms with Crippen molar-refractivity contribution in [3.63, 3.8) is 0 Å². The van der Waals surface area contributed by atoms with Crippen molar-refractivity contribution in [1.29, 1.82) is 0 Å². The van der Waals surface area contributed by atoms with E-state index in [9.17, 15) is 0 Å². The quantitative estimate of drug-likeness (QED) is 0.467. The molecule has 0 aromatic heterocycles. The smallest absolute Gasteiger partial charge is 0.0765 e. The molecule has 0 aromatic rings. The zero-order valence-electron chi connectivity index (χ0n) is 5.55. The highest BCUT2D eigenvalue weighted by Crippen LogP contribution is 2.09. The van der Waals surface area contributed by atoms with Crippen LogP contribution in [0.15, 0.2) is 0 Å². The summed E-state index contributed by atoms with van der Waals surface area (Å²) in [5, 5.41) is 1.91. The van der Waals surface area contributed by atoms with Gasteiger partial charge in [-0.25, -0.2) is 0 Å². The van der Waals surface area contributed by atoms with Gasteiger partial charge in [0, 0.05) is 13.6 Å². The van der Waals surface area contributed by atoms with Gasteiger partial charge in [-0.1, -0.05) is 0 Å². The molecule has 0 spiro atoms. The van der Waals surface area contributed by atoms with E-state index in [4.69, 9.17) is 4.84 Å². The summed E-state index contributed by atoms with van der Waals surface area (Å²) < 4.78 is 0. The third-order valence-electron chi connectivity index (χ3n) is 1.44. The van der Waals surface area contributed by atoms with E-state index in [-0.39, 0.29) is 0 Å². The lowest BCUT2D eigenvalue weighted by Gasteiger charge is -2.26. The molecular weight excluding hydrogens is 102 g/mol. The van der Waals surface area contributed by atoms with Gasteiger partial charge in [0.15, 0.2) is 0 Å². The summed E-state index contributed by atoms with van der Waals surface area (Å²) in [7, 11) is 1.98. The Labute approximate surface area is 50.4 Å². The van der Waals surface area contributed by atoms with Gasteiger partial charge in [-0.05, 0) is 19.8 Å². The molecule has 1 fully saturated rings. The fourth-order valence-electron chi connectivity index (χ4n) is 1.01. The van der Waals surface area contributed by atoms with Crippen molar-refractivity contribution >= 4 is 0 Å². The lowest BCUT2D eigenvalue weighted by molar-refractivity contribution is -0.199. The van der Waals surface area contributed by atoms with Crippen LogP contribution in [0.2, 0.25) is 0 Å². The van der Waals surface area contributed by atoms with Crippen molar-refractivity contribution in [2.24, 2.45) is 0 Å². The molecule has 0 N–H and O–H groups in total. The van der Waals surface area contributed by atoms with Crippen LogP contribution in [0, 0.1) is 0 Å². The van der Waals surface area contributed by atoms with Gasteiger partial charge < -0.3 is 0 Å². The Balaban J connectivity index is 2.23. The van der Waals surface area contributed by atoms with Crippen LogP contribution in [0.1, 0.15) is 19.8 Å². The second-order valence-electron chi connectivity index (χ2n) is 2.41. The van der Waals surface area contributed by atoms with E-state index >= 15 is 0 Å². The van der Waals surface area contributed by atoms with Crippen LogP contribution in [-0.2, 0) is 4.84 Å². The van der Waals surface area contributed by atoms with Crippen molar-refractivity contribution in [3.05, 3.63) is 0 Å². The Hall–Kier alpha value is -0.0800. The van der Waals surface area contributed by atoms with Crippen LogP contribution in [0.25, 0.3) is 0 Å². The van der Waals surface area contributed by atoms with Crippen molar-refractivity contribution < 1.29 is 4.84 Å². The molecule has 0 aliphatic carbocycles. The van der Waals surface area contributed by atoms with Crippen LogP contribution in [0.3, 0.4) is 0 Å². The van der Waals surface area contributed by atoms with Crippen molar-refractivity contribution in [1.82, 2.24) is 5.06 Å². The van der Waals surface area contributed by atoms with Crippen molar-refractivity contribution in [2.75, 3.05) is 13.6 Å². The third-order valence-corrected chi connectivity index (χ3v) is 1.44. The third kappa shape index (κ3) is 1.46. The molecule has 8 heavy (non-hydrogen) atoms. The SMILES string of the molecule is CC1CCCN(C)O1. The molecule has 0 saturated carbocycles. The van der Waals surface area contributed by atoms with E-state index in [0.717, 1.165) is 6.54 Å². The number of hydrogen-bond acceptors (Lipinski definition) is 2. The normalized spacial score (nSPS) is 33.0. The van der Waals surface area contributed by atoms with Crippen molar-refractivity contribution in [3.8, 4) is 0 Å². The molecule has 1 aliphatic heterocycles. The summed E-state index contributed by atoms with van der Waals surface area (Å²) in [5.41, 5.74) is 0. The molecule has 1 rings (SSSR count). The molecule has 2 nitrogen and oxygen atoms in total. The first-order valence-corrected chi connectivity index (χ1v) is 3.17. The summed E-state index contributed by atoms with van der Waals surface area (Å²) in [4.78, 5) is 5.32. The van der Waals surface area contributed by atoms with Crippen LogP contribution in [0.4, 0.5) is 0 Å². The predicted molar refractivity (Wildman–Crippen MR) is 32.4 cm³/mol. The van der Waals surface area contributed by atoms with E-state index < -0.39 is 0 Å². The Morgan fingerprint density at radius 1 is 1.62 bits per heavy atom. The highest BCUT2D eigenvalue weighted by atomic mass is 16.7. The van der Waals surface area contributed by atoms with Gasteiger partial charge in [0.05, 0.1) is 6.10 Å². The van der Waals surface area contributed by atoms with Crippen molar-refractivity contribution in [2.45, 2.75) is 25.9 Å². The molecule has 1 heterocycles. The molecule has 1 atom stereocenters. The van der Waals surface area contributed by atoms with Crippen LogP contribution >= 0.6 is 0 Å². The van der Waals surface area contributed by atoms with Gasteiger partial charge >= 0.3 is 0 Å². The summed E-state index contributed by atoms with van der Waals surface area (Å²) in [5.74, 6) is 0. The minimum Gasteiger partial charge on any atom is -0.296 e. The van der Waals surface area contributed by atoms with E-state index in [1.54, 1.807) is 0 Å². The topological polar surface area (TPSA) is 12.5 Å². The number of rotatable bonds is 0. The fourth-order valence-corrected chi connectivity index (χ4v) is 1.01. The first-order valence-electron chi connectivity index (χ1n) is 3.17. The van der Waals surface area contributed by atoms with Gasteiger partial charge in [0.25, 0.3) is 0 Å². The monoisotopic (exact) mass is 115 g/mol. The summed E-state index contributed by atoms with van der Waals surface area (Å²) in [6.07, 6.45) is 2.93. The zero-order valence-corrected chi connectivity index (χ0v) is 5.55.